The number of methoxy groups -OCH3 is 3. The maximum atomic E-state index is 13.3. The molecule has 0 radical (unpaired) electrons. The van der Waals surface area contributed by atoms with E-state index in [-0.39, 0.29) is 12.5 Å². The standard InChI is InChI=1S/C24H25N3O6/c1-12-7-16(14(3)32-12)18-10-17(21-13(2)27-33-24(21)26-18)23(28)25-11-15-8-19(29-4)22(31-6)20(9-15)30-5/h7-10H,11H2,1-6H3,(H,25,28). The van der Waals surface area contributed by atoms with Crippen LogP contribution < -0.4 is 19.5 Å². The van der Waals surface area contributed by atoms with Gasteiger partial charge in [-0.3, -0.25) is 4.79 Å². The minimum Gasteiger partial charge on any atom is -0.493 e. The van der Waals surface area contributed by atoms with Gasteiger partial charge >= 0.3 is 0 Å². The number of fused-ring (bicyclic) bond motifs is 1. The van der Waals surface area contributed by atoms with Gasteiger partial charge in [0.15, 0.2) is 11.5 Å². The predicted molar refractivity (Wildman–Crippen MR) is 121 cm³/mol. The normalized spacial score (nSPS) is 11.0. The Balaban J connectivity index is 1.69. The molecule has 1 N–H and O–H groups in total. The topological polar surface area (TPSA) is 109 Å². The van der Waals surface area contributed by atoms with Gasteiger partial charge in [0.05, 0.1) is 43.7 Å². The number of rotatable bonds is 7. The van der Waals surface area contributed by atoms with Crippen molar-refractivity contribution in [2.24, 2.45) is 0 Å². The lowest BCUT2D eigenvalue weighted by molar-refractivity contribution is 0.0952. The van der Waals surface area contributed by atoms with E-state index in [9.17, 15) is 4.79 Å². The summed E-state index contributed by atoms with van der Waals surface area (Å²) >= 11 is 0. The monoisotopic (exact) mass is 451 g/mol. The highest BCUT2D eigenvalue weighted by Gasteiger charge is 2.21. The smallest absolute Gasteiger partial charge is 0.259 e. The van der Waals surface area contributed by atoms with E-state index >= 15 is 0 Å². The van der Waals surface area contributed by atoms with Gasteiger partial charge in [-0.1, -0.05) is 5.16 Å². The van der Waals surface area contributed by atoms with Crippen molar-refractivity contribution in [2.75, 3.05) is 21.3 Å². The number of carbonyl (C=O) groups excluding carboxylic acids is 1. The highest BCUT2D eigenvalue weighted by atomic mass is 16.5. The molecule has 172 valence electrons. The van der Waals surface area contributed by atoms with Crippen LogP contribution in [0, 0.1) is 20.8 Å². The molecule has 0 aliphatic carbocycles. The summed E-state index contributed by atoms with van der Waals surface area (Å²) in [4.78, 5) is 17.8. The fourth-order valence-corrected chi connectivity index (χ4v) is 3.81. The van der Waals surface area contributed by atoms with Gasteiger partial charge in [0, 0.05) is 12.1 Å². The molecular weight excluding hydrogens is 426 g/mol. The number of benzene rings is 1. The van der Waals surface area contributed by atoms with E-state index in [1.807, 2.05) is 19.9 Å². The number of pyridine rings is 1. The molecule has 0 saturated heterocycles. The number of nitrogens with zero attached hydrogens (tertiary/aromatic N) is 2. The first-order valence-corrected chi connectivity index (χ1v) is 10.3. The van der Waals surface area contributed by atoms with Crippen LogP contribution in [0.5, 0.6) is 17.2 Å². The average Bonchev–Trinajstić information content (AvgIpc) is 3.36. The van der Waals surface area contributed by atoms with Gasteiger partial charge in [-0.2, -0.15) is 0 Å². The number of furan rings is 1. The van der Waals surface area contributed by atoms with E-state index in [1.165, 1.54) is 0 Å². The highest BCUT2D eigenvalue weighted by Crippen LogP contribution is 2.38. The van der Waals surface area contributed by atoms with E-state index < -0.39 is 0 Å². The summed E-state index contributed by atoms with van der Waals surface area (Å²) in [5.41, 5.74) is 3.45. The molecular formula is C24H25N3O6. The van der Waals surface area contributed by atoms with Crippen LogP contribution in [-0.4, -0.2) is 37.4 Å². The zero-order chi connectivity index (χ0) is 23.7. The van der Waals surface area contributed by atoms with Crippen molar-refractivity contribution in [3.8, 4) is 28.5 Å². The summed E-state index contributed by atoms with van der Waals surface area (Å²) in [7, 11) is 4.63. The number of aromatic nitrogens is 2. The van der Waals surface area contributed by atoms with Gasteiger partial charge in [-0.25, -0.2) is 4.98 Å². The van der Waals surface area contributed by atoms with Crippen LogP contribution in [0.3, 0.4) is 0 Å². The van der Waals surface area contributed by atoms with Crippen LogP contribution in [-0.2, 0) is 6.54 Å². The zero-order valence-corrected chi connectivity index (χ0v) is 19.4. The Hall–Kier alpha value is -4.01. The molecule has 3 aromatic heterocycles. The summed E-state index contributed by atoms with van der Waals surface area (Å²) in [5.74, 6) is 2.68. The van der Waals surface area contributed by atoms with Crippen LogP contribution in [0.2, 0.25) is 0 Å². The quantitative estimate of drug-likeness (QED) is 0.441. The Labute approximate surface area is 190 Å². The number of hydrogen-bond acceptors (Lipinski definition) is 8. The fourth-order valence-electron chi connectivity index (χ4n) is 3.81. The third kappa shape index (κ3) is 4.09. The predicted octanol–water partition coefficient (Wildman–Crippen LogP) is 4.36. The van der Waals surface area contributed by atoms with Crippen molar-refractivity contribution in [3.05, 3.63) is 52.6 Å². The van der Waals surface area contributed by atoms with Gasteiger partial charge in [-0.15, -0.1) is 0 Å². The summed E-state index contributed by atoms with van der Waals surface area (Å²) in [6, 6.07) is 7.19. The molecule has 0 aliphatic rings. The second kappa shape index (κ2) is 8.85. The van der Waals surface area contributed by atoms with Crippen LogP contribution in [0.15, 0.2) is 33.2 Å². The van der Waals surface area contributed by atoms with Gasteiger partial charge in [-0.05, 0) is 50.6 Å². The number of ether oxygens (including phenoxy) is 3. The average molecular weight is 451 g/mol. The molecule has 4 rings (SSSR count). The van der Waals surface area contributed by atoms with E-state index in [1.54, 1.807) is 46.5 Å². The van der Waals surface area contributed by atoms with E-state index in [0.717, 1.165) is 16.9 Å². The zero-order valence-electron chi connectivity index (χ0n) is 19.4. The van der Waals surface area contributed by atoms with Crippen molar-refractivity contribution in [1.29, 1.82) is 0 Å². The van der Waals surface area contributed by atoms with Gasteiger partial charge in [0.25, 0.3) is 11.6 Å². The first-order chi connectivity index (χ1) is 15.9. The molecule has 0 atom stereocenters. The largest absolute Gasteiger partial charge is 0.493 e. The Morgan fingerprint density at radius 3 is 2.27 bits per heavy atom. The molecule has 0 unspecified atom stereocenters. The minimum absolute atomic E-state index is 0.239. The Kier molecular flexibility index (Phi) is 5.95. The first-order valence-electron chi connectivity index (χ1n) is 10.3. The maximum absolute atomic E-state index is 13.3. The fraction of sp³-hybridized carbons (Fsp3) is 0.292. The Bertz CT molecular complexity index is 1310. The van der Waals surface area contributed by atoms with Crippen molar-refractivity contribution < 1.29 is 27.9 Å². The number of nitrogens with one attached hydrogen (secondary N) is 1. The van der Waals surface area contributed by atoms with Crippen molar-refractivity contribution >= 4 is 17.0 Å². The molecule has 1 amide bonds. The highest BCUT2D eigenvalue weighted by molar-refractivity contribution is 6.07. The van der Waals surface area contributed by atoms with Crippen LogP contribution >= 0.6 is 0 Å². The van der Waals surface area contributed by atoms with Gasteiger partial charge in [0.1, 0.15) is 11.5 Å². The lowest BCUT2D eigenvalue weighted by atomic mass is 10.1. The van der Waals surface area contributed by atoms with Crippen LogP contribution in [0.1, 0.15) is 33.1 Å². The van der Waals surface area contributed by atoms with Gasteiger partial charge < -0.3 is 28.5 Å². The second-order valence-electron chi connectivity index (χ2n) is 7.55. The summed E-state index contributed by atoms with van der Waals surface area (Å²) in [6.07, 6.45) is 0. The minimum atomic E-state index is -0.290. The first kappa shape index (κ1) is 22.2. The van der Waals surface area contributed by atoms with Crippen molar-refractivity contribution in [3.63, 3.8) is 0 Å². The lowest BCUT2D eigenvalue weighted by Crippen LogP contribution is -2.23. The molecule has 1 aromatic carbocycles. The molecule has 33 heavy (non-hydrogen) atoms. The van der Waals surface area contributed by atoms with Crippen molar-refractivity contribution in [2.45, 2.75) is 27.3 Å². The molecule has 3 heterocycles. The third-order valence-corrected chi connectivity index (χ3v) is 5.36. The summed E-state index contributed by atoms with van der Waals surface area (Å²) in [5, 5.41) is 7.52. The molecule has 0 saturated carbocycles. The maximum Gasteiger partial charge on any atom is 0.259 e. The molecule has 4 aromatic rings. The lowest BCUT2D eigenvalue weighted by Gasteiger charge is -2.14. The molecule has 9 nitrogen and oxygen atoms in total. The second-order valence-corrected chi connectivity index (χ2v) is 7.55. The van der Waals surface area contributed by atoms with Crippen LogP contribution in [0.25, 0.3) is 22.4 Å². The number of carbonyl (C=O) groups is 1. The van der Waals surface area contributed by atoms with Gasteiger partial charge in [0.2, 0.25) is 5.75 Å². The number of hydrogen-bond donors (Lipinski definition) is 1. The number of amides is 1. The Morgan fingerprint density at radius 1 is 1.00 bits per heavy atom. The molecule has 0 aliphatic heterocycles. The van der Waals surface area contributed by atoms with E-state index in [0.29, 0.717) is 51.1 Å². The third-order valence-electron chi connectivity index (χ3n) is 5.36. The van der Waals surface area contributed by atoms with Crippen LogP contribution in [0.4, 0.5) is 0 Å². The van der Waals surface area contributed by atoms with E-state index in [2.05, 4.69) is 15.5 Å². The van der Waals surface area contributed by atoms with Crippen molar-refractivity contribution in [1.82, 2.24) is 15.5 Å². The molecule has 9 heteroatoms. The molecule has 0 spiro atoms. The van der Waals surface area contributed by atoms with E-state index in [4.69, 9.17) is 23.2 Å². The summed E-state index contributed by atoms with van der Waals surface area (Å²) < 4.78 is 27.2. The molecule has 0 bridgehead atoms. The Morgan fingerprint density at radius 2 is 1.70 bits per heavy atom. The SMILES string of the molecule is COc1cc(CNC(=O)c2cc(-c3cc(C)oc3C)nc3onc(C)c23)cc(OC)c1OC. The summed E-state index contributed by atoms with van der Waals surface area (Å²) in [6.45, 7) is 5.72. The number of aryl methyl sites for hydroxylation is 3. The molecule has 0 fully saturated rings.